The fourth-order valence-electron chi connectivity index (χ4n) is 4.18. The van der Waals surface area contributed by atoms with Crippen LogP contribution in [0, 0.1) is 11.8 Å². The maximum absolute atomic E-state index is 9.71. The van der Waals surface area contributed by atoms with E-state index >= 15 is 0 Å². The first-order valence-electron chi connectivity index (χ1n) is 8.98. The predicted octanol–water partition coefficient (Wildman–Crippen LogP) is 3.49. The molecule has 0 saturated carbocycles. The Labute approximate surface area is 158 Å². The lowest BCUT2D eigenvalue weighted by atomic mass is 9.84. The van der Waals surface area contributed by atoms with Crippen molar-refractivity contribution in [2.75, 3.05) is 34.5 Å². The molecule has 6 nitrogen and oxygen atoms in total. The highest BCUT2D eigenvalue weighted by Gasteiger charge is 2.48. The van der Waals surface area contributed by atoms with Gasteiger partial charge < -0.3 is 28.8 Å². The topological polar surface area (TPSA) is 66.4 Å². The van der Waals surface area contributed by atoms with Crippen LogP contribution in [0.5, 0.6) is 23.0 Å². The maximum Gasteiger partial charge on any atom is 0.161 e. The number of phenols is 1. The molecular weight excluding hydrogens is 348 g/mol. The Kier molecular flexibility index (Phi) is 4.85. The average Bonchev–Trinajstić information content (AvgIpc) is 3.29. The van der Waals surface area contributed by atoms with Crippen molar-refractivity contribution in [3.8, 4) is 23.0 Å². The molecule has 0 unspecified atom stereocenters. The number of phenolic OH excluding ortho intramolecular Hbond substituents is 1. The summed E-state index contributed by atoms with van der Waals surface area (Å²) in [5.41, 5.74) is 2.00. The quantitative estimate of drug-likeness (QED) is 0.867. The van der Waals surface area contributed by atoms with Gasteiger partial charge in [0.25, 0.3) is 0 Å². The molecule has 2 aliphatic rings. The maximum atomic E-state index is 9.71. The zero-order chi connectivity index (χ0) is 19.0. The van der Waals surface area contributed by atoms with Crippen LogP contribution in [0.4, 0.5) is 0 Å². The van der Waals surface area contributed by atoms with Crippen LogP contribution in [0.2, 0.25) is 0 Å². The molecule has 2 aromatic carbocycles. The number of hydrogen-bond acceptors (Lipinski definition) is 6. The van der Waals surface area contributed by atoms with Gasteiger partial charge in [0.15, 0.2) is 11.5 Å². The second-order valence-electron chi connectivity index (χ2n) is 6.88. The van der Waals surface area contributed by atoms with Crippen molar-refractivity contribution >= 4 is 0 Å². The minimum atomic E-state index is -0.115. The van der Waals surface area contributed by atoms with Gasteiger partial charge in [-0.25, -0.2) is 0 Å². The van der Waals surface area contributed by atoms with Crippen LogP contribution < -0.4 is 14.2 Å². The Hall–Kier alpha value is -2.44. The fourth-order valence-corrected chi connectivity index (χ4v) is 4.18. The summed E-state index contributed by atoms with van der Waals surface area (Å²) in [4.78, 5) is 0. The molecule has 144 valence electrons. The van der Waals surface area contributed by atoms with E-state index in [1.807, 2.05) is 24.3 Å². The second kappa shape index (κ2) is 7.29. The Bertz CT molecular complexity index is 820. The van der Waals surface area contributed by atoms with E-state index in [0.717, 1.165) is 11.1 Å². The van der Waals surface area contributed by atoms with Crippen molar-refractivity contribution in [1.29, 1.82) is 0 Å². The SMILES string of the molecule is COc1ccc([C@@H]2OC[C@H]3[C@@H]2CO[C@@H]3c2ccc(O)cc2OC)cc1OC. The smallest absolute Gasteiger partial charge is 0.161 e. The van der Waals surface area contributed by atoms with E-state index in [1.165, 1.54) is 0 Å². The van der Waals surface area contributed by atoms with Crippen LogP contribution in [0.3, 0.4) is 0 Å². The summed E-state index contributed by atoms with van der Waals surface area (Å²) in [5.74, 6) is 2.67. The van der Waals surface area contributed by atoms with Crippen molar-refractivity contribution in [2.45, 2.75) is 12.2 Å². The zero-order valence-corrected chi connectivity index (χ0v) is 15.7. The van der Waals surface area contributed by atoms with Crippen LogP contribution in [-0.4, -0.2) is 39.6 Å². The molecular formula is C21H24O6. The predicted molar refractivity (Wildman–Crippen MR) is 98.6 cm³/mol. The van der Waals surface area contributed by atoms with Crippen molar-refractivity contribution < 1.29 is 28.8 Å². The van der Waals surface area contributed by atoms with E-state index in [2.05, 4.69) is 0 Å². The van der Waals surface area contributed by atoms with Gasteiger partial charge in [-0.05, 0) is 29.8 Å². The minimum Gasteiger partial charge on any atom is -0.508 e. The number of rotatable bonds is 5. The number of benzene rings is 2. The zero-order valence-electron chi connectivity index (χ0n) is 15.7. The van der Waals surface area contributed by atoms with Gasteiger partial charge in [0, 0.05) is 23.5 Å². The lowest BCUT2D eigenvalue weighted by Crippen LogP contribution is -2.15. The highest BCUT2D eigenvalue weighted by Crippen LogP contribution is 2.52. The van der Waals surface area contributed by atoms with E-state index in [4.69, 9.17) is 23.7 Å². The molecule has 0 amide bonds. The molecule has 2 fully saturated rings. The summed E-state index contributed by atoms with van der Waals surface area (Å²) in [6.45, 7) is 1.22. The molecule has 0 aromatic heterocycles. The minimum absolute atomic E-state index is 0.0529. The first-order chi connectivity index (χ1) is 13.2. The molecule has 2 saturated heterocycles. The largest absolute Gasteiger partial charge is 0.508 e. The van der Waals surface area contributed by atoms with Crippen LogP contribution in [0.1, 0.15) is 23.3 Å². The van der Waals surface area contributed by atoms with E-state index < -0.39 is 0 Å². The third kappa shape index (κ3) is 3.09. The summed E-state index contributed by atoms with van der Waals surface area (Å²) in [6, 6.07) is 11.0. The molecule has 0 bridgehead atoms. The molecule has 2 aromatic rings. The van der Waals surface area contributed by atoms with Crippen LogP contribution >= 0.6 is 0 Å². The standard InChI is InChI=1S/C21H24O6/c1-23-17-7-4-12(8-19(17)25-3)20-15-10-27-21(16(15)11-26-20)14-6-5-13(22)9-18(14)24-2/h4-9,15-16,20-22H,10-11H2,1-3H3/t15-,16-,20-,21+/m0/s1. The highest BCUT2D eigenvalue weighted by atomic mass is 16.5. The number of ether oxygens (including phenoxy) is 5. The molecule has 4 atom stereocenters. The average molecular weight is 372 g/mol. The molecule has 4 rings (SSSR count). The lowest BCUT2D eigenvalue weighted by molar-refractivity contribution is 0.0185. The van der Waals surface area contributed by atoms with E-state index in [1.54, 1.807) is 33.5 Å². The van der Waals surface area contributed by atoms with Gasteiger partial charge in [-0.3, -0.25) is 0 Å². The third-order valence-electron chi connectivity index (χ3n) is 5.52. The molecule has 0 spiro atoms. The van der Waals surface area contributed by atoms with Gasteiger partial charge in [0.2, 0.25) is 0 Å². The highest BCUT2D eigenvalue weighted by molar-refractivity contribution is 5.45. The molecule has 2 aliphatic heterocycles. The van der Waals surface area contributed by atoms with Gasteiger partial charge in [-0.15, -0.1) is 0 Å². The van der Waals surface area contributed by atoms with E-state index in [0.29, 0.717) is 30.5 Å². The van der Waals surface area contributed by atoms with Gasteiger partial charge in [0.05, 0.1) is 46.8 Å². The first-order valence-corrected chi connectivity index (χ1v) is 8.98. The molecule has 2 heterocycles. The fraction of sp³-hybridized carbons (Fsp3) is 0.429. The van der Waals surface area contributed by atoms with Gasteiger partial charge in [-0.2, -0.15) is 0 Å². The first kappa shape index (κ1) is 17.9. The molecule has 1 N–H and O–H groups in total. The van der Waals surface area contributed by atoms with Crippen molar-refractivity contribution in [1.82, 2.24) is 0 Å². The van der Waals surface area contributed by atoms with Crippen LogP contribution in [-0.2, 0) is 9.47 Å². The van der Waals surface area contributed by atoms with Crippen molar-refractivity contribution in [3.05, 3.63) is 47.5 Å². The Morgan fingerprint density at radius 3 is 2.15 bits per heavy atom. The normalized spacial score (nSPS) is 26.6. The van der Waals surface area contributed by atoms with Crippen LogP contribution in [0.15, 0.2) is 36.4 Å². The number of methoxy groups -OCH3 is 3. The van der Waals surface area contributed by atoms with E-state index in [-0.39, 0.29) is 29.8 Å². The molecule has 0 radical (unpaired) electrons. The van der Waals surface area contributed by atoms with E-state index in [9.17, 15) is 5.11 Å². The second-order valence-corrected chi connectivity index (χ2v) is 6.88. The van der Waals surface area contributed by atoms with Gasteiger partial charge in [0.1, 0.15) is 11.5 Å². The Morgan fingerprint density at radius 1 is 0.778 bits per heavy atom. The number of aromatic hydroxyl groups is 1. The monoisotopic (exact) mass is 372 g/mol. The molecule has 0 aliphatic carbocycles. The Morgan fingerprint density at radius 2 is 1.44 bits per heavy atom. The summed E-state index contributed by atoms with van der Waals surface area (Å²) < 4.78 is 28.5. The van der Waals surface area contributed by atoms with Gasteiger partial charge in [-0.1, -0.05) is 6.07 Å². The summed E-state index contributed by atoms with van der Waals surface area (Å²) >= 11 is 0. The summed E-state index contributed by atoms with van der Waals surface area (Å²) in [6.07, 6.45) is -0.168. The molecule has 6 heteroatoms. The van der Waals surface area contributed by atoms with Gasteiger partial charge >= 0.3 is 0 Å². The third-order valence-corrected chi connectivity index (χ3v) is 5.52. The van der Waals surface area contributed by atoms with Crippen molar-refractivity contribution in [2.24, 2.45) is 11.8 Å². The molecule has 27 heavy (non-hydrogen) atoms. The number of hydrogen-bond donors (Lipinski definition) is 1. The van der Waals surface area contributed by atoms with Crippen LogP contribution in [0.25, 0.3) is 0 Å². The lowest BCUT2D eigenvalue weighted by Gasteiger charge is -2.19. The summed E-state index contributed by atoms with van der Waals surface area (Å²) in [7, 11) is 4.86. The summed E-state index contributed by atoms with van der Waals surface area (Å²) in [5, 5.41) is 9.71. The van der Waals surface area contributed by atoms with Crippen molar-refractivity contribution in [3.63, 3.8) is 0 Å². The Balaban J connectivity index is 1.59. The number of fused-ring (bicyclic) bond motifs is 1.